The van der Waals surface area contributed by atoms with E-state index in [9.17, 15) is 9.59 Å². The first-order valence-corrected chi connectivity index (χ1v) is 8.52. The van der Waals surface area contributed by atoms with Gasteiger partial charge in [-0.3, -0.25) is 9.69 Å². The van der Waals surface area contributed by atoms with E-state index >= 15 is 0 Å². The highest BCUT2D eigenvalue weighted by Crippen LogP contribution is 2.23. The first-order valence-electron chi connectivity index (χ1n) is 8.14. The molecular weight excluding hydrogens is 314 g/mol. The molecule has 0 bridgehead atoms. The Balaban J connectivity index is 1.60. The second kappa shape index (κ2) is 6.79. The number of urea groups is 1. The van der Waals surface area contributed by atoms with E-state index in [0.717, 1.165) is 25.2 Å². The molecule has 0 radical (unpaired) electrons. The number of piperidine rings is 1. The van der Waals surface area contributed by atoms with Gasteiger partial charge >= 0.3 is 6.03 Å². The smallest absolute Gasteiger partial charge is 0.325 e. The molecular formula is C17H22ClN3O2. The van der Waals surface area contributed by atoms with Gasteiger partial charge in [0.2, 0.25) is 5.91 Å². The van der Waals surface area contributed by atoms with E-state index in [2.05, 4.69) is 6.92 Å². The Morgan fingerprint density at radius 1 is 1.22 bits per heavy atom. The molecule has 1 aromatic carbocycles. The number of nitrogens with zero attached hydrogens (tertiary/aromatic N) is 3. The van der Waals surface area contributed by atoms with E-state index in [-0.39, 0.29) is 18.5 Å². The van der Waals surface area contributed by atoms with Gasteiger partial charge in [-0.05, 0) is 43.0 Å². The van der Waals surface area contributed by atoms with Crippen molar-refractivity contribution in [3.05, 3.63) is 29.3 Å². The van der Waals surface area contributed by atoms with Crippen LogP contribution in [0.2, 0.25) is 5.02 Å². The highest BCUT2D eigenvalue weighted by molar-refractivity contribution is 6.30. The number of anilines is 1. The summed E-state index contributed by atoms with van der Waals surface area (Å²) >= 11 is 5.89. The van der Waals surface area contributed by atoms with Gasteiger partial charge in [0.1, 0.15) is 6.54 Å². The van der Waals surface area contributed by atoms with Gasteiger partial charge in [-0.1, -0.05) is 18.5 Å². The van der Waals surface area contributed by atoms with E-state index in [1.807, 2.05) is 17.0 Å². The molecule has 2 aliphatic heterocycles. The quantitative estimate of drug-likeness (QED) is 0.852. The lowest BCUT2D eigenvalue weighted by Gasteiger charge is -2.32. The summed E-state index contributed by atoms with van der Waals surface area (Å²) < 4.78 is 0. The van der Waals surface area contributed by atoms with Crippen molar-refractivity contribution in [1.29, 1.82) is 0 Å². The van der Waals surface area contributed by atoms with Gasteiger partial charge in [0, 0.05) is 36.9 Å². The monoisotopic (exact) mass is 335 g/mol. The fraction of sp³-hybridized carbons (Fsp3) is 0.529. The number of likely N-dealkylation sites (tertiary alicyclic amines) is 1. The Morgan fingerprint density at radius 2 is 1.96 bits per heavy atom. The van der Waals surface area contributed by atoms with Gasteiger partial charge in [0.05, 0.1) is 0 Å². The van der Waals surface area contributed by atoms with Crippen LogP contribution in [-0.2, 0) is 4.79 Å². The van der Waals surface area contributed by atoms with Gasteiger partial charge in [0.25, 0.3) is 0 Å². The zero-order chi connectivity index (χ0) is 16.4. The lowest BCUT2D eigenvalue weighted by atomic mass is 10.0. The average Bonchev–Trinajstić information content (AvgIpc) is 2.89. The topological polar surface area (TPSA) is 43.9 Å². The molecule has 1 aromatic rings. The van der Waals surface area contributed by atoms with Crippen molar-refractivity contribution in [1.82, 2.24) is 9.80 Å². The van der Waals surface area contributed by atoms with E-state index in [0.29, 0.717) is 24.0 Å². The summed E-state index contributed by atoms with van der Waals surface area (Å²) in [4.78, 5) is 30.2. The summed E-state index contributed by atoms with van der Waals surface area (Å²) in [5, 5.41) is 0.645. The van der Waals surface area contributed by atoms with Crippen LogP contribution >= 0.6 is 11.6 Å². The normalized spacial score (nSPS) is 21.9. The molecule has 0 aromatic heterocycles. The highest BCUT2D eigenvalue weighted by Gasteiger charge is 2.32. The molecule has 0 saturated carbocycles. The molecule has 2 fully saturated rings. The number of amides is 3. The molecule has 3 rings (SSSR count). The number of benzene rings is 1. The Labute approximate surface area is 141 Å². The molecule has 2 saturated heterocycles. The van der Waals surface area contributed by atoms with E-state index < -0.39 is 0 Å². The Bertz CT molecular complexity index is 590. The molecule has 0 spiro atoms. The van der Waals surface area contributed by atoms with Crippen LogP contribution in [0.1, 0.15) is 19.8 Å². The summed E-state index contributed by atoms with van der Waals surface area (Å²) in [5.41, 5.74) is 0.820. The largest absolute Gasteiger partial charge is 0.341 e. The minimum atomic E-state index is -0.106. The van der Waals surface area contributed by atoms with Crippen molar-refractivity contribution in [3.63, 3.8) is 0 Å². The predicted molar refractivity (Wildman–Crippen MR) is 90.7 cm³/mol. The third-order valence-corrected chi connectivity index (χ3v) is 4.82. The van der Waals surface area contributed by atoms with Crippen LogP contribution in [-0.4, -0.2) is 54.5 Å². The first kappa shape index (κ1) is 16.1. The Morgan fingerprint density at radius 3 is 2.65 bits per heavy atom. The fourth-order valence-electron chi connectivity index (χ4n) is 3.27. The molecule has 3 amide bonds. The third kappa shape index (κ3) is 3.61. The van der Waals surface area contributed by atoms with Crippen LogP contribution in [0.3, 0.4) is 0 Å². The number of rotatable bonds is 3. The molecule has 6 heteroatoms. The molecule has 1 unspecified atom stereocenters. The molecule has 23 heavy (non-hydrogen) atoms. The van der Waals surface area contributed by atoms with Gasteiger partial charge in [-0.15, -0.1) is 0 Å². The lowest BCUT2D eigenvalue weighted by molar-refractivity contribution is -0.133. The number of hydrogen-bond donors (Lipinski definition) is 0. The van der Waals surface area contributed by atoms with Gasteiger partial charge in [-0.25, -0.2) is 4.79 Å². The lowest BCUT2D eigenvalue weighted by Crippen LogP contribution is -2.45. The van der Waals surface area contributed by atoms with Crippen LogP contribution in [0.15, 0.2) is 24.3 Å². The number of carbonyl (C=O) groups is 2. The van der Waals surface area contributed by atoms with Crippen molar-refractivity contribution < 1.29 is 9.59 Å². The van der Waals surface area contributed by atoms with Crippen molar-refractivity contribution in [2.24, 2.45) is 5.92 Å². The van der Waals surface area contributed by atoms with Crippen molar-refractivity contribution in [3.8, 4) is 0 Å². The van der Waals surface area contributed by atoms with Crippen molar-refractivity contribution >= 4 is 29.2 Å². The van der Waals surface area contributed by atoms with Gasteiger partial charge in [-0.2, -0.15) is 0 Å². The zero-order valence-electron chi connectivity index (χ0n) is 13.4. The van der Waals surface area contributed by atoms with Gasteiger partial charge < -0.3 is 9.80 Å². The maximum atomic E-state index is 12.5. The van der Waals surface area contributed by atoms with Crippen molar-refractivity contribution in [2.75, 3.05) is 37.6 Å². The minimum Gasteiger partial charge on any atom is -0.341 e. The fourth-order valence-corrected chi connectivity index (χ4v) is 3.40. The Hall–Kier alpha value is -1.75. The highest BCUT2D eigenvalue weighted by atomic mass is 35.5. The molecule has 2 aliphatic rings. The van der Waals surface area contributed by atoms with Crippen LogP contribution in [0, 0.1) is 5.92 Å². The SMILES string of the molecule is CC1CCCN(C(=O)CN2CCN(c3ccc(Cl)cc3)C2=O)C1. The maximum absolute atomic E-state index is 12.5. The van der Waals surface area contributed by atoms with E-state index in [4.69, 9.17) is 11.6 Å². The summed E-state index contributed by atoms with van der Waals surface area (Å²) in [6.45, 7) is 5.15. The van der Waals surface area contributed by atoms with Crippen LogP contribution in [0.25, 0.3) is 0 Å². The summed E-state index contributed by atoms with van der Waals surface area (Å²) in [6.07, 6.45) is 2.23. The second-order valence-corrected chi connectivity index (χ2v) is 6.86. The van der Waals surface area contributed by atoms with Crippen LogP contribution < -0.4 is 4.90 Å². The van der Waals surface area contributed by atoms with Gasteiger partial charge in [0.15, 0.2) is 0 Å². The molecule has 124 valence electrons. The standard InChI is InChI=1S/C17H22ClN3O2/c1-13-3-2-8-19(11-13)16(22)12-20-9-10-21(17(20)23)15-6-4-14(18)5-7-15/h4-7,13H,2-3,8-12H2,1H3. The molecule has 1 atom stereocenters. The molecule has 0 N–H and O–H groups in total. The number of halogens is 1. The first-order chi connectivity index (χ1) is 11.0. The number of hydrogen-bond acceptors (Lipinski definition) is 2. The molecule has 2 heterocycles. The molecule has 5 nitrogen and oxygen atoms in total. The zero-order valence-corrected chi connectivity index (χ0v) is 14.1. The second-order valence-electron chi connectivity index (χ2n) is 6.42. The predicted octanol–water partition coefficient (Wildman–Crippen LogP) is 2.84. The molecule has 0 aliphatic carbocycles. The summed E-state index contributed by atoms with van der Waals surface area (Å²) in [7, 11) is 0. The maximum Gasteiger partial charge on any atom is 0.325 e. The van der Waals surface area contributed by atoms with Crippen LogP contribution in [0.5, 0.6) is 0 Å². The average molecular weight is 336 g/mol. The Kier molecular flexibility index (Phi) is 4.76. The minimum absolute atomic E-state index is 0.0582. The third-order valence-electron chi connectivity index (χ3n) is 4.57. The van der Waals surface area contributed by atoms with Crippen molar-refractivity contribution in [2.45, 2.75) is 19.8 Å². The van der Waals surface area contributed by atoms with Crippen LogP contribution in [0.4, 0.5) is 10.5 Å². The summed E-state index contributed by atoms with van der Waals surface area (Å²) in [6, 6.07) is 7.10. The van der Waals surface area contributed by atoms with E-state index in [1.165, 1.54) is 6.42 Å². The van der Waals surface area contributed by atoms with E-state index in [1.54, 1.807) is 21.9 Å². The summed E-state index contributed by atoms with van der Waals surface area (Å²) in [5.74, 6) is 0.607. The number of carbonyl (C=O) groups excluding carboxylic acids is 2.